The normalized spacial score (nSPS) is 39.2. The van der Waals surface area contributed by atoms with E-state index in [0.29, 0.717) is 0 Å². The molecule has 1 heterocycles. The van der Waals surface area contributed by atoms with Crippen LogP contribution in [0.4, 0.5) is 0 Å². The summed E-state index contributed by atoms with van der Waals surface area (Å²) in [5.74, 6) is 0. The predicted octanol–water partition coefficient (Wildman–Crippen LogP) is 0.887. The molecular weight excluding hydrogens is 317 g/mol. The van der Waals surface area contributed by atoms with Crippen molar-refractivity contribution in [2.75, 3.05) is 0 Å². The van der Waals surface area contributed by atoms with Gasteiger partial charge in [0.1, 0.15) is 0 Å². The van der Waals surface area contributed by atoms with Crippen molar-refractivity contribution in [2.24, 2.45) is 0 Å². The van der Waals surface area contributed by atoms with Gasteiger partial charge in [0.15, 0.2) is 8.32 Å². The first-order valence-electron chi connectivity index (χ1n) is 6.49. The van der Waals surface area contributed by atoms with Gasteiger partial charge in [-0.2, -0.15) is 0 Å². The van der Waals surface area contributed by atoms with Gasteiger partial charge in [-0.25, -0.2) is 0 Å². The lowest BCUT2D eigenvalue weighted by atomic mass is 10.9. The van der Waals surface area contributed by atoms with Gasteiger partial charge in [-0.15, -0.1) is 0 Å². The van der Waals surface area contributed by atoms with E-state index in [-0.39, 0.29) is 0 Å². The van der Waals surface area contributed by atoms with Crippen molar-refractivity contribution in [3.63, 3.8) is 0 Å². The van der Waals surface area contributed by atoms with Crippen molar-refractivity contribution in [3.05, 3.63) is 0 Å². The molecule has 2 unspecified atom stereocenters. The van der Waals surface area contributed by atoms with Gasteiger partial charge in [-0.3, -0.25) is 0 Å². The second-order valence-electron chi connectivity index (χ2n) is 5.66. The molecule has 1 rings (SSSR count). The van der Waals surface area contributed by atoms with Gasteiger partial charge in [0.2, 0.25) is 0 Å². The van der Waals surface area contributed by atoms with E-state index < -0.39 is 44.7 Å². The van der Waals surface area contributed by atoms with Crippen molar-refractivity contribution in [3.8, 4) is 0 Å². The highest BCUT2D eigenvalue weighted by molar-refractivity contribution is 6.82. The van der Waals surface area contributed by atoms with Gasteiger partial charge in [-0.1, -0.05) is 0 Å². The molecule has 18 heavy (non-hydrogen) atoms. The predicted molar refractivity (Wildman–Crippen MR) is 84.3 cm³/mol. The highest BCUT2D eigenvalue weighted by atomic mass is 28.5. The summed E-state index contributed by atoms with van der Waals surface area (Å²) in [6, 6.07) is 1.67. The summed E-state index contributed by atoms with van der Waals surface area (Å²) in [6.07, 6.45) is 0. The molecule has 0 amide bonds. The Hall–Kier alpha value is 0.884. The lowest BCUT2D eigenvalue weighted by Crippen LogP contribution is -2.53. The molecule has 0 bridgehead atoms. The third kappa shape index (κ3) is 6.36. The summed E-state index contributed by atoms with van der Waals surface area (Å²) < 4.78 is 24.0. The molecule has 0 saturated carbocycles. The van der Waals surface area contributed by atoms with Crippen molar-refractivity contribution in [1.82, 2.24) is 0 Å². The molecule has 0 aliphatic carbocycles. The van der Waals surface area contributed by atoms with E-state index in [0.717, 1.165) is 12.1 Å². The van der Waals surface area contributed by atoms with Crippen LogP contribution in [0, 0.1) is 0 Å². The molecule has 1 aliphatic heterocycles. The van der Waals surface area contributed by atoms with E-state index in [2.05, 4.69) is 6.55 Å². The van der Waals surface area contributed by atoms with Crippen LogP contribution in [0.2, 0.25) is 51.4 Å². The smallest absolute Gasteiger partial charge is 0.316 e. The van der Waals surface area contributed by atoms with E-state index in [9.17, 15) is 4.80 Å². The monoisotopic (exact) mass is 342 g/mol. The maximum atomic E-state index is 9.98. The Morgan fingerprint density at radius 1 is 1.00 bits per heavy atom. The van der Waals surface area contributed by atoms with Crippen LogP contribution in [0.1, 0.15) is 0 Å². The van der Waals surface area contributed by atoms with Crippen molar-refractivity contribution < 1.29 is 21.3 Å². The van der Waals surface area contributed by atoms with Crippen LogP contribution >= 0.6 is 0 Å². The molecule has 0 aromatic carbocycles. The molecule has 0 spiro atoms. The Balaban J connectivity index is 2.65. The first kappa shape index (κ1) is 16.9. The van der Waals surface area contributed by atoms with Gasteiger partial charge < -0.3 is 21.3 Å². The second kappa shape index (κ2) is 6.56. The molecular formula is C8H26O5Si5. The van der Waals surface area contributed by atoms with Crippen LogP contribution < -0.4 is 0 Å². The Bertz CT molecular complexity index is 259. The Labute approximate surface area is 117 Å². The topological polar surface area (TPSA) is 57.2 Å². The lowest BCUT2D eigenvalue weighted by molar-refractivity contribution is 0.275. The summed E-state index contributed by atoms with van der Waals surface area (Å²) in [5, 5.41) is 0. The molecule has 0 aromatic heterocycles. The zero-order valence-electron chi connectivity index (χ0n) is 12.2. The summed E-state index contributed by atoms with van der Waals surface area (Å²) >= 11 is 0. The van der Waals surface area contributed by atoms with E-state index >= 15 is 0 Å². The van der Waals surface area contributed by atoms with Gasteiger partial charge in [0.25, 0.3) is 27.9 Å². The fraction of sp³-hybridized carbons (Fsp3) is 1.00. The third-order valence-electron chi connectivity index (χ3n) is 2.79. The fourth-order valence-electron chi connectivity index (χ4n) is 2.01. The Morgan fingerprint density at radius 3 is 1.83 bits per heavy atom. The summed E-state index contributed by atoms with van der Waals surface area (Å²) in [5.41, 5.74) is 0. The molecule has 0 radical (unpaired) electrons. The average molecular weight is 343 g/mol. The standard InChI is InChI=1S/C8H26O5Si5/c1-14-10-15(2)12-18(6,13-16(3)11-14)8-7-17(4,5)9/h9,14-16H,7-8H2,1-6H3. The maximum absolute atomic E-state index is 9.98. The molecule has 108 valence electrons. The Kier molecular flexibility index (Phi) is 6.17. The van der Waals surface area contributed by atoms with Gasteiger partial charge in [-0.05, 0) is 51.4 Å². The van der Waals surface area contributed by atoms with Crippen LogP contribution in [0.25, 0.3) is 0 Å². The zero-order chi connectivity index (χ0) is 14.0. The molecule has 1 aliphatic rings. The first-order valence-corrected chi connectivity index (χ1v) is 18.5. The highest BCUT2D eigenvalue weighted by Gasteiger charge is 2.40. The largest absolute Gasteiger partial charge is 0.432 e. The maximum Gasteiger partial charge on any atom is 0.316 e. The molecule has 10 heteroatoms. The van der Waals surface area contributed by atoms with Crippen LogP contribution in [-0.2, 0) is 16.5 Å². The number of rotatable bonds is 3. The van der Waals surface area contributed by atoms with E-state index in [4.69, 9.17) is 16.5 Å². The molecule has 0 aromatic rings. The summed E-state index contributed by atoms with van der Waals surface area (Å²) in [7, 11) is -9.07. The van der Waals surface area contributed by atoms with Crippen LogP contribution in [0.5, 0.6) is 0 Å². The van der Waals surface area contributed by atoms with E-state index in [1.54, 1.807) is 0 Å². The van der Waals surface area contributed by atoms with Gasteiger partial charge in [0, 0.05) is 0 Å². The van der Waals surface area contributed by atoms with Crippen LogP contribution in [-0.4, -0.2) is 49.5 Å². The van der Waals surface area contributed by atoms with Crippen molar-refractivity contribution in [1.29, 1.82) is 0 Å². The van der Waals surface area contributed by atoms with Crippen LogP contribution in [0.15, 0.2) is 0 Å². The van der Waals surface area contributed by atoms with Crippen molar-refractivity contribution in [2.45, 2.75) is 51.4 Å². The first-order chi connectivity index (χ1) is 8.10. The van der Waals surface area contributed by atoms with Crippen molar-refractivity contribution >= 4 is 44.7 Å². The minimum absolute atomic E-state index is 0.824. The molecule has 1 fully saturated rings. The molecule has 5 nitrogen and oxygen atoms in total. The van der Waals surface area contributed by atoms with Gasteiger partial charge in [0.05, 0.1) is 0 Å². The highest BCUT2D eigenvalue weighted by Crippen LogP contribution is 2.24. The minimum atomic E-state index is -2.21. The molecule has 1 N–H and O–H groups in total. The number of hydrogen-bond acceptors (Lipinski definition) is 5. The van der Waals surface area contributed by atoms with Crippen LogP contribution in [0.3, 0.4) is 0 Å². The lowest BCUT2D eigenvalue weighted by Gasteiger charge is -2.37. The van der Waals surface area contributed by atoms with E-state index in [1.165, 1.54) is 0 Å². The Morgan fingerprint density at radius 2 is 1.44 bits per heavy atom. The summed E-state index contributed by atoms with van der Waals surface area (Å²) in [6.45, 7) is 12.1. The molecule has 2 atom stereocenters. The quantitative estimate of drug-likeness (QED) is 0.772. The zero-order valence-corrected chi connectivity index (χ0v) is 17.7. The summed E-state index contributed by atoms with van der Waals surface area (Å²) in [4.78, 5) is 9.98. The van der Waals surface area contributed by atoms with E-state index in [1.807, 2.05) is 32.7 Å². The van der Waals surface area contributed by atoms with Gasteiger partial charge >= 0.3 is 8.56 Å². The fourth-order valence-corrected chi connectivity index (χ4v) is 20.2. The second-order valence-corrected chi connectivity index (χ2v) is 20.0. The third-order valence-corrected chi connectivity index (χ3v) is 18.7. The SMILES string of the molecule is C[SiH]1O[SiH](C)O[Si](C)(CC[Si](C)(C)O)O[SiH](C)O1. The average Bonchev–Trinajstić information content (AvgIpc) is 2.10. The molecule has 1 saturated heterocycles. The number of hydrogen-bond donors (Lipinski definition) is 1. The minimum Gasteiger partial charge on any atom is -0.432 e.